The fraction of sp³-hybridized carbons (Fsp3) is 0.667. The van der Waals surface area contributed by atoms with Gasteiger partial charge in [0.2, 0.25) is 0 Å². The molecule has 0 spiro atoms. The summed E-state index contributed by atoms with van der Waals surface area (Å²) in [5.74, 6) is 1.06. The summed E-state index contributed by atoms with van der Waals surface area (Å²) in [7, 11) is 0. The smallest absolute Gasteiger partial charge is 0.126 e. The van der Waals surface area contributed by atoms with E-state index in [1.807, 2.05) is 0 Å². The monoisotopic (exact) mass is 290 g/mol. The standard InChI is InChI=1S/C18H30N2O/c1-15-8-7-9-16(14-19-18(2,3)4)17(15)21-13-12-20-10-5-6-11-20/h7-9,19H,5-6,10-14H2,1-4H3. The van der Waals surface area contributed by atoms with Crippen molar-refractivity contribution in [3.63, 3.8) is 0 Å². The van der Waals surface area contributed by atoms with Gasteiger partial charge in [0.15, 0.2) is 0 Å². The van der Waals surface area contributed by atoms with Crippen molar-refractivity contribution >= 4 is 0 Å². The lowest BCUT2D eigenvalue weighted by molar-refractivity contribution is 0.234. The minimum absolute atomic E-state index is 0.122. The lowest BCUT2D eigenvalue weighted by Crippen LogP contribution is -2.35. The first-order chi connectivity index (χ1) is 9.96. The highest BCUT2D eigenvalue weighted by atomic mass is 16.5. The normalized spacial score (nSPS) is 16.4. The SMILES string of the molecule is Cc1cccc(CNC(C)(C)C)c1OCCN1CCCC1. The molecule has 0 unspecified atom stereocenters. The molecule has 1 saturated heterocycles. The Labute approximate surface area is 129 Å². The third-order valence-electron chi connectivity index (χ3n) is 3.96. The maximum absolute atomic E-state index is 6.11. The van der Waals surface area contributed by atoms with Gasteiger partial charge in [0.25, 0.3) is 0 Å². The fourth-order valence-electron chi connectivity index (χ4n) is 2.70. The van der Waals surface area contributed by atoms with Crippen molar-refractivity contribution in [3.05, 3.63) is 29.3 Å². The Balaban J connectivity index is 1.93. The average Bonchev–Trinajstić information content (AvgIpc) is 2.91. The van der Waals surface area contributed by atoms with E-state index < -0.39 is 0 Å². The first-order valence-electron chi connectivity index (χ1n) is 8.14. The van der Waals surface area contributed by atoms with Crippen molar-refractivity contribution in [2.45, 2.75) is 52.6 Å². The van der Waals surface area contributed by atoms with Crippen molar-refractivity contribution in [3.8, 4) is 5.75 Å². The highest BCUT2D eigenvalue weighted by Crippen LogP contribution is 2.24. The lowest BCUT2D eigenvalue weighted by Gasteiger charge is -2.23. The molecule has 1 aromatic carbocycles. The second kappa shape index (κ2) is 7.28. The Bertz CT molecular complexity index is 445. The Morgan fingerprint density at radius 3 is 2.57 bits per heavy atom. The summed E-state index contributed by atoms with van der Waals surface area (Å²) in [6, 6.07) is 6.41. The quantitative estimate of drug-likeness (QED) is 0.869. The number of hydrogen-bond donors (Lipinski definition) is 1. The van der Waals surface area contributed by atoms with Crippen LogP contribution in [-0.4, -0.2) is 36.7 Å². The molecule has 1 aliphatic heterocycles. The van der Waals surface area contributed by atoms with Crippen LogP contribution in [0.2, 0.25) is 0 Å². The van der Waals surface area contributed by atoms with Crippen molar-refractivity contribution < 1.29 is 4.74 Å². The first kappa shape index (κ1) is 16.3. The van der Waals surface area contributed by atoms with E-state index in [9.17, 15) is 0 Å². The van der Waals surface area contributed by atoms with Crippen LogP contribution in [0.1, 0.15) is 44.7 Å². The number of likely N-dealkylation sites (tertiary alicyclic amines) is 1. The molecule has 3 nitrogen and oxygen atoms in total. The molecule has 21 heavy (non-hydrogen) atoms. The van der Waals surface area contributed by atoms with Gasteiger partial charge < -0.3 is 10.1 Å². The number of rotatable bonds is 6. The zero-order chi connectivity index (χ0) is 15.3. The summed E-state index contributed by atoms with van der Waals surface area (Å²) in [6.07, 6.45) is 2.68. The second-order valence-corrected chi connectivity index (χ2v) is 7.06. The van der Waals surface area contributed by atoms with Crippen LogP contribution in [0.15, 0.2) is 18.2 Å². The number of nitrogens with zero attached hydrogens (tertiary/aromatic N) is 1. The number of ether oxygens (including phenoxy) is 1. The van der Waals surface area contributed by atoms with Gasteiger partial charge in [0.05, 0.1) is 0 Å². The van der Waals surface area contributed by atoms with Crippen LogP contribution < -0.4 is 10.1 Å². The summed E-state index contributed by atoms with van der Waals surface area (Å²) in [5, 5.41) is 3.55. The van der Waals surface area contributed by atoms with Gasteiger partial charge in [-0.25, -0.2) is 0 Å². The van der Waals surface area contributed by atoms with Crippen LogP contribution in [0.5, 0.6) is 5.75 Å². The third kappa shape index (κ3) is 5.33. The van der Waals surface area contributed by atoms with Crippen LogP contribution in [0.3, 0.4) is 0 Å². The molecule has 3 heteroatoms. The van der Waals surface area contributed by atoms with Crippen molar-refractivity contribution in [1.29, 1.82) is 0 Å². The lowest BCUT2D eigenvalue weighted by atomic mass is 10.1. The minimum Gasteiger partial charge on any atom is -0.492 e. The summed E-state index contributed by atoms with van der Waals surface area (Å²) in [5.41, 5.74) is 2.60. The van der Waals surface area contributed by atoms with Crippen LogP contribution in [0, 0.1) is 6.92 Å². The minimum atomic E-state index is 0.122. The molecule has 1 fully saturated rings. The van der Waals surface area contributed by atoms with Gasteiger partial charge in [0.1, 0.15) is 12.4 Å². The molecule has 1 aromatic rings. The van der Waals surface area contributed by atoms with E-state index in [4.69, 9.17) is 4.74 Å². The molecule has 1 heterocycles. The van der Waals surface area contributed by atoms with E-state index >= 15 is 0 Å². The maximum Gasteiger partial charge on any atom is 0.126 e. The largest absolute Gasteiger partial charge is 0.492 e. The molecule has 0 amide bonds. The highest BCUT2D eigenvalue weighted by Gasteiger charge is 2.14. The highest BCUT2D eigenvalue weighted by molar-refractivity contribution is 5.40. The van der Waals surface area contributed by atoms with Crippen molar-refractivity contribution in [2.24, 2.45) is 0 Å². The Morgan fingerprint density at radius 2 is 1.90 bits per heavy atom. The van der Waals surface area contributed by atoms with Crippen LogP contribution in [-0.2, 0) is 6.54 Å². The summed E-state index contributed by atoms with van der Waals surface area (Å²) in [6.45, 7) is 13.8. The molecule has 2 rings (SSSR count). The Hall–Kier alpha value is -1.06. The van der Waals surface area contributed by atoms with Crippen LogP contribution in [0.25, 0.3) is 0 Å². The van der Waals surface area contributed by atoms with Gasteiger partial charge in [-0.3, -0.25) is 4.90 Å². The van der Waals surface area contributed by atoms with Gasteiger partial charge in [-0.2, -0.15) is 0 Å². The van der Waals surface area contributed by atoms with Crippen LogP contribution >= 0.6 is 0 Å². The van der Waals surface area contributed by atoms with E-state index in [0.717, 1.165) is 25.4 Å². The molecule has 1 aliphatic rings. The van der Waals surface area contributed by atoms with Gasteiger partial charge in [0, 0.05) is 24.2 Å². The predicted octanol–water partition coefficient (Wildman–Crippen LogP) is 3.36. The maximum atomic E-state index is 6.11. The molecule has 0 radical (unpaired) electrons. The van der Waals surface area contributed by atoms with Crippen molar-refractivity contribution in [1.82, 2.24) is 10.2 Å². The van der Waals surface area contributed by atoms with E-state index in [2.05, 4.69) is 56.1 Å². The molecule has 1 N–H and O–H groups in total. The zero-order valence-corrected chi connectivity index (χ0v) is 14.0. The first-order valence-corrected chi connectivity index (χ1v) is 8.14. The Morgan fingerprint density at radius 1 is 1.19 bits per heavy atom. The van der Waals surface area contributed by atoms with Gasteiger partial charge in [-0.15, -0.1) is 0 Å². The van der Waals surface area contributed by atoms with Gasteiger partial charge >= 0.3 is 0 Å². The van der Waals surface area contributed by atoms with E-state index in [0.29, 0.717) is 0 Å². The van der Waals surface area contributed by atoms with Gasteiger partial charge in [-0.1, -0.05) is 18.2 Å². The summed E-state index contributed by atoms with van der Waals surface area (Å²) < 4.78 is 6.11. The molecule has 0 bridgehead atoms. The average molecular weight is 290 g/mol. The molecular weight excluding hydrogens is 260 g/mol. The Kier molecular flexibility index (Phi) is 5.65. The van der Waals surface area contributed by atoms with Crippen LogP contribution in [0.4, 0.5) is 0 Å². The second-order valence-electron chi connectivity index (χ2n) is 7.06. The molecule has 0 aromatic heterocycles. The summed E-state index contributed by atoms with van der Waals surface area (Å²) >= 11 is 0. The number of para-hydroxylation sites is 1. The third-order valence-corrected chi connectivity index (χ3v) is 3.96. The topological polar surface area (TPSA) is 24.5 Å². The molecule has 0 saturated carbocycles. The molecule has 0 atom stereocenters. The van der Waals surface area contributed by atoms with Crippen molar-refractivity contribution in [2.75, 3.05) is 26.2 Å². The molecular formula is C18H30N2O. The number of benzene rings is 1. The van der Waals surface area contributed by atoms with E-state index in [1.54, 1.807) is 0 Å². The van der Waals surface area contributed by atoms with E-state index in [1.165, 1.54) is 37.1 Å². The number of hydrogen-bond acceptors (Lipinski definition) is 3. The molecule has 118 valence electrons. The summed E-state index contributed by atoms with van der Waals surface area (Å²) in [4.78, 5) is 2.49. The van der Waals surface area contributed by atoms with Gasteiger partial charge in [-0.05, 0) is 59.2 Å². The molecule has 0 aliphatic carbocycles. The number of nitrogens with one attached hydrogen (secondary N) is 1. The fourth-order valence-corrected chi connectivity index (χ4v) is 2.70. The number of aryl methyl sites for hydroxylation is 1. The van der Waals surface area contributed by atoms with E-state index in [-0.39, 0.29) is 5.54 Å². The zero-order valence-electron chi connectivity index (χ0n) is 14.0. The predicted molar refractivity (Wildman–Crippen MR) is 88.9 cm³/mol.